The van der Waals surface area contributed by atoms with Crippen LogP contribution in [0.1, 0.15) is 29.9 Å². The molecule has 1 aromatic heterocycles. The van der Waals surface area contributed by atoms with E-state index in [2.05, 4.69) is 52.4 Å². The van der Waals surface area contributed by atoms with Crippen molar-refractivity contribution in [3.8, 4) is 0 Å². The maximum Gasteiger partial charge on any atom is 0.101 e. The van der Waals surface area contributed by atoms with Gasteiger partial charge in [0.15, 0.2) is 0 Å². The second-order valence-corrected chi connectivity index (χ2v) is 5.25. The molecule has 1 heterocycles. The summed E-state index contributed by atoms with van der Waals surface area (Å²) in [5.74, 6) is 0.958. The Labute approximate surface area is 117 Å². The summed E-state index contributed by atoms with van der Waals surface area (Å²) in [7, 11) is 0. The molecule has 2 aromatic rings. The molecule has 0 spiro atoms. The topological polar surface area (TPSA) is 25.2 Å². The Morgan fingerprint density at radius 1 is 1.33 bits per heavy atom. The van der Waals surface area contributed by atoms with E-state index in [4.69, 9.17) is 4.42 Å². The molecule has 2 nitrogen and oxygen atoms in total. The number of rotatable bonds is 5. The van der Waals surface area contributed by atoms with E-state index in [1.165, 1.54) is 11.1 Å². The van der Waals surface area contributed by atoms with Gasteiger partial charge in [-0.15, -0.1) is 0 Å². The van der Waals surface area contributed by atoms with E-state index >= 15 is 0 Å². The van der Waals surface area contributed by atoms with Crippen LogP contribution in [0.15, 0.2) is 45.5 Å². The normalized spacial score (nSPS) is 12.6. The van der Waals surface area contributed by atoms with Crippen LogP contribution in [0, 0.1) is 6.92 Å². The summed E-state index contributed by atoms with van der Waals surface area (Å²) in [5, 5.41) is 3.51. The minimum Gasteiger partial charge on any atom is -0.469 e. The van der Waals surface area contributed by atoms with Crippen molar-refractivity contribution in [3.63, 3.8) is 0 Å². The maximum absolute atomic E-state index is 5.41. The number of aryl methyl sites for hydroxylation is 1. The van der Waals surface area contributed by atoms with Gasteiger partial charge >= 0.3 is 0 Å². The number of halogens is 1. The molecule has 18 heavy (non-hydrogen) atoms. The van der Waals surface area contributed by atoms with Crippen LogP contribution in [-0.2, 0) is 6.42 Å². The Morgan fingerprint density at radius 3 is 2.72 bits per heavy atom. The van der Waals surface area contributed by atoms with Gasteiger partial charge in [0.1, 0.15) is 5.76 Å². The zero-order valence-corrected chi connectivity index (χ0v) is 12.3. The van der Waals surface area contributed by atoms with Crippen LogP contribution in [0.4, 0.5) is 0 Å². The Balaban J connectivity index is 2.19. The molecule has 0 amide bonds. The minimum absolute atomic E-state index is 0.297. The van der Waals surface area contributed by atoms with Crippen molar-refractivity contribution in [2.24, 2.45) is 0 Å². The van der Waals surface area contributed by atoms with Crippen LogP contribution in [0.5, 0.6) is 0 Å². The Hall–Kier alpha value is -1.06. The molecule has 0 aliphatic carbocycles. The van der Waals surface area contributed by atoms with Gasteiger partial charge in [0.05, 0.1) is 6.26 Å². The van der Waals surface area contributed by atoms with Crippen LogP contribution in [0.25, 0.3) is 0 Å². The average Bonchev–Trinajstić information content (AvgIpc) is 2.78. The monoisotopic (exact) mass is 307 g/mol. The SMILES string of the molecule is CCNC(Cc1ccccc1Br)c1coc(C)c1. The largest absolute Gasteiger partial charge is 0.469 e. The molecule has 1 atom stereocenters. The highest BCUT2D eigenvalue weighted by molar-refractivity contribution is 9.10. The molecule has 1 aromatic carbocycles. The fourth-order valence-corrected chi connectivity index (χ4v) is 2.53. The predicted molar refractivity (Wildman–Crippen MR) is 77.7 cm³/mol. The number of nitrogens with one attached hydrogen (secondary N) is 1. The van der Waals surface area contributed by atoms with Crippen molar-refractivity contribution in [2.45, 2.75) is 26.3 Å². The lowest BCUT2D eigenvalue weighted by molar-refractivity contribution is 0.511. The number of hydrogen-bond donors (Lipinski definition) is 1. The van der Waals surface area contributed by atoms with Crippen LogP contribution in [0.3, 0.4) is 0 Å². The molecule has 0 aliphatic heterocycles. The van der Waals surface area contributed by atoms with Crippen LogP contribution >= 0.6 is 15.9 Å². The quantitative estimate of drug-likeness (QED) is 0.893. The highest BCUT2D eigenvalue weighted by Gasteiger charge is 2.14. The first-order valence-corrected chi connectivity index (χ1v) is 7.01. The molecule has 0 saturated heterocycles. The lowest BCUT2D eigenvalue weighted by Crippen LogP contribution is -2.22. The van der Waals surface area contributed by atoms with E-state index < -0.39 is 0 Å². The van der Waals surface area contributed by atoms with E-state index in [9.17, 15) is 0 Å². The molecule has 0 saturated carbocycles. The first-order valence-electron chi connectivity index (χ1n) is 6.22. The Bertz CT molecular complexity index is 507. The fourth-order valence-electron chi connectivity index (χ4n) is 2.08. The Kier molecular flexibility index (Phi) is 4.61. The third kappa shape index (κ3) is 3.24. The van der Waals surface area contributed by atoms with E-state index in [0.29, 0.717) is 6.04 Å². The highest BCUT2D eigenvalue weighted by atomic mass is 79.9. The number of furan rings is 1. The van der Waals surface area contributed by atoms with Crippen LogP contribution in [-0.4, -0.2) is 6.54 Å². The van der Waals surface area contributed by atoms with Crippen molar-refractivity contribution in [1.82, 2.24) is 5.32 Å². The third-order valence-electron chi connectivity index (χ3n) is 2.99. The first-order chi connectivity index (χ1) is 8.70. The van der Waals surface area contributed by atoms with Crippen molar-refractivity contribution in [3.05, 3.63) is 58.0 Å². The predicted octanol–water partition coefficient (Wildman–Crippen LogP) is 4.24. The molecule has 0 fully saturated rings. The smallest absolute Gasteiger partial charge is 0.101 e. The molecule has 3 heteroatoms. The van der Waals surface area contributed by atoms with Gasteiger partial charge in [0.2, 0.25) is 0 Å². The van der Waals surface area contributed by atoms with E-state index in [-0.39, 0.29) is 0 Å². The molecular weight excluding hydrogens is 290 g/mol. The summed E-state index contributed by atoms with van der Waals surface area (Å²) in [6.07, 6.45) is 2.80. The van der Waals surface area contributed by atoms with Gasteiger partial charge in [-0.25, -0.2) is 0 Å². The van der Waals surface area contributed by atoms with E-state index in [0.717, 1.165) is 23.2 Å². The zero-order valence-electron chi connectivity index (χ0n) is 10.7. The molecule has 1 unspecified atom stereocenters. The van der Waals surface area contributed by atoms with Gasteiger partial charge in [0, 0.05) is 16.1 Å². The van der Waals surface area contributed by atoms with Crippen molar-refractivity contribution < 1.29 is 4.42 Å². The van der Waals surface area contributed by atoms with Crippen molar-refractivity contribution in [2.75, 3.05) is 6.54 Å². The molecule has 0 aliphatic rings. The second-order valence-electron chi connectivity index (χ2n) is 4.40. The van der Waals surface area contributed by atoms with Gasteiger partial charge in [-0.1, -0.05) is 41.1 Å². The van der Waals surface area contributed by atoms with Gasteiger partial charge in [0.25, 0.3) is 0 Å². The molecule has 0 radical (unpaired) electrons. The van der Waals surface area contributed by atoms with Gasteiger partial charge < -0.3 is 9.73 Å². The lowest BCUT2D eigenvalue weighted by Gasteiger charge is -2.17. The number of benzene rings is 1. The number of likely N-dealkylation sites (N-methyl/N-ethyl adjacent to an activating group) is 1. The van der Waals surface area contributed by atoms with E-state index in [1.54, 1.807) is 0 Å². The molecular formula is C15H18BrNO. The van der Waals surface area contributed by atoms with Crippen molar-refractivity contribution in [1.29, 1.82) is 0 Å². The molecule has 1 N–H and O–H groups in total. The van der Waals surface area contributed by atoms with Crippen molar-refractivity contribution >= 4 is 15.9 Å². The zero-order chi connectivity index (χ0) is 13.0. The second kappa shape index (κ2) is 6.21. The summed E-state index contributed by atoms with van der Waals surface area (Å²) < 4.78 is 6.57. The van der Waals surface area contributed by atoms with Gasteiger partial charge in [-0.05, 0) is 37.6 Å². The number of hydrogen-bond acceptors (Lipinski definition) is 2. The molecule has 96 valence electrons. The molecule has 2 rings (SSSR count). The van der Waals surface area contributed by atoms with Gasteiger partial charge in [-0.3, -0.25) is 0 Å². The standard InChI is InChI=1S/C15H18BrNO/c1-3-17-15(13-8-11(2)18-10-13)9-12-6-4-5-7-14(12)16/h4-8,10,15,17H,3,9H2,1-2H3. The summed E-state index contributed by atoms with van der Waals surface area (Å²) in [6, 6.07) is 10.7. The molecule has 0 bridgehead atoms. The lowest BCUT2D eigenvalue weighted by atomic mass is 10.0. The van der Waals surface area contributed by atoms with Gasteiger partial charge in [-0.2, -0.15) is 0 Å². The van der Waals surface area contributed by atoms with E-state index in [1.807, 2.05) is 19.3 Å². The third-order valence-corrected chi connectivity index (χ3v) is 3.76. The highest BCUT2D eigenvalue weighted by Crippen LogP contribution is 2.24. The maximum atomic E-state index is 5.41. The van der Waals surface area contributed by atoms with Crippen LogP contribution in [0.2, 0.25) is 0 Å². The minimum atomic E-state index is 0.297. The summed E-state index contributed by atoms with van der Waals surface area (Å²) in [6.45, 7) is 5.05. The summed E-state index contributed by atoms with van der Waals surface area (Å²) in [4.78, 5) is 0. The fraction of sp³-hybridized carbons (Fsp3) is 0.333. The first kappa shape index (κ1) is 13.4. The Morgan fingerprint density at radius 2 is 2.11 bits per heavy atom. The summed E-state index contributed by atoms with van der Waals surface area (Å²) in [5.41, 5.74) is 2.52. The average molecular weight is 308 g/mol. The van der Waals surface area contributed by atoms with Crippen LogP contribution < -0.4 is 5.32 Å². The summed E-state index contributed by atoms with van der Waals surface area (Å²) >= 11 is 3.60.